The topological polar surface area (TPSA) is 103 Å². The fraction of sp³-hybridized carbons (Fsp3) is 0. The van der Waals surface area contributed by atoms with E-state index in [1.54, 1.807) is 6.33 Å². The maximum Gasteiger partial charge on any atom is 0.217 e. The van der Waals surface area contributed by atoms with E-state index in [0.717, 1.165) is 16.7 Å². The minimum Gasteiger partial charge on any atom is -0.438 e. The lowest BCUT2D eigenvalue weighted by Crippen LogP contribution is -1.96. The van der Waals surface area contributed by atoms with Crippen LogP contribution in [0.4, 0.5) is 11.7 Å². The minimum atomic E-state index is 0.319. The monoisotopic (exact) mass is 378 g/mol. The van der Waals surface area contributed by atoms with E-state index in [1.807, 2.05) is 60.7 Å². The van der Waals surface area contributed by atoms with E-state index in [-0.39, 0.29) is 0 Å². The van der Waals surface area contributed by atoms with Crippen molar-refractivity contribution in [3.8, 4) is 28.5 Å². The number of hydrogen-bond acceptors (Lipinski definition) is 6. The van der Waals surface area contributed by atoms with Crippen molar-refractivity contribution in [1.82, 2.24) is 19.9 Å². The molecule has 29 heavy (non-hydrogen) atoms. The lowest BCUT2D eigenvalue weighted by atomic mass is 9.98. The summed E-state index contributed by atoms with van der Waals surface area (Å²) in [4.78, 5) is 15.5. The van der Waals surface area contributed by atoms with Crippen molar-refractivity contribution in [1.29, 1.82) is 5.26 Å². The van der Waals surface area contributed by atoms with Gasteiger partial charge in [-0.25, -0.2) is 15.0 Å². The maximum absolute atomic E-state index is 9.97. The van der Waals surface area contributed by atoms with E-state index in [4.69, 9.17) is 4.42 Å². The van der Waals surface area contributed by atoms with E-state index in [0.29, 0.717) is 34.2 Å². The lowest BCUT2D eigenvalue weighted by molar-refractivity contribution is 0.600. The average molecular weight is 378 g/mol. The summed E-state index contributed by atoms with van der Waals surface area (Å²) in [7, 11) is 0. The molecule has 0 spiro atoms. The summed E-state index contributed by atoms with van der Waals surface area (Å²) in [5.74, 6) is 1.42. The van der Waals surface area contributed by atoms with Crippen LogP contribution in [0.5, 0.6) is 0 Å². The van der Waals surface area contributed by atoms with Gasteiger partial charge in [0.25, 0.3) is 0 Å². The summed E-state index contributed by atoms with van der Waals surface area (Å²) in [6.45, 7) is 0. The molecule has 5 aromatic rings. The number of aromatic nitrogens is 4. The van der Waals surface area contributed by atoms with Crippen LogP contribution in [0.25, 0.3) is 33.6 Å². The Labute approximate surface area is 165 Å². The SMILES string of the molecule is N#Cc1c(Nc2ncnc3nc[nH]c23)oc(-c2ccccc2)c1-c1ccccc1. The lowest BCUT2D eigenvalue weighted by Gasteiger charge is -2.03. The molecule has 2 aromatic carbocycles. The second kappa shape index (κ2) is 6.94. The van der Waals surface area contributed by atoms with Crippen LogP contribution < -0.4 is 5.32 Å². The molecule has 2 N–H and O–H groups in total. The van der Waals surface area contributed by atoms with Crippen LogP contribution in [0.15, 0.2) is 77.7 Å². The summed E-state index contributed by atoms with van der Waals surface area (Å²) in [6.07, 6.45) is 2.96. The summed E-state index contributed by atoms with van der Waals surface area (Å²) in [5.41, 5.74) is 4.08. The molecule has 7 nitrogen and oxygen atoms in total. The minimum absolute atomic E-state index is 0.319. The quantitative estimate of drug-likeness (QED) is 0.461. The highest BCUT2D eigenvalue weighted by molar-refractivity contribution is 5.91. The van der Waals surface area contributed by atoms with E-state index in [2.05, 4.69) is 31.3 Å². The Morgan fingerprint density at radius 2 is 1.62 bits per heavy atom. The molecule has 0 aliphatic carbocycles. The van der Waals surface area contributed by atoms with E-state index < -0.39 is 0 Å². The first-order valence-electron chi connectivity index (χ1n) is 8.94. The Balaban J connectivity index is 1.72. The molecule has 5 rings (SSSR count). The highest BCUT2D eigenvalue weighted by atomic mass is 16.4. The zero-order valence-electron chi connectivity index (χ0n) is 15.1. The predicted molar refractivity (Wildman–Crippen MR) is 109 cm³/mol. The molecule has 0 atom stereocenters. The van der Waals surface area contributed by atoms with Gasteiger partial charge in [-0.05, 0) is 5.56 Å². The number of imidazole rings is 1. The number of nitrogens with zero attached hydrogens (tertiary/aromatic N) is 4. The normalized spacial score (nSPS) is 10.7. The number of aromatic amines is 1. The number of nitriles is 1. The van der Waals surface area contributed by atoms with Gasteiger partial charge in [0, 0.05) is 11.1 Å². The molecule has 0 aliphatic heterocycles. The van der Waals surface area contributed by atoms with Crippen LogP contribution >= 0.6 is 0 Å². The predicted octanol–water partition coefficient (Wildman–Crippen LogP) is 4.90. The second-order valence-corrected chi connectivity index (χ2v) is 6.30. The number of rotatable bonds is 4. The fourth-order valence-corrected chi connectivity index (χ4v) is 3.27. The molecule has 0 saturated heterocycles. The number of H-pyrrole nitrogens is 1. The fourth-order valence-electron chi connectivity index (χ4n) is 3.27. The number of anilines is 2. The van der Waals surface area contributed by atoms with Crippen LogP contribution in [0, 0.1) is 11.3 Å². The van der Waals surface area contributed by atoms with Crippen LogP contribution in [-0.2, 0) is 0 Å². The Kier molecular flexibility index (Phi) is 4.00. The second-order valence-electron chi connectivity index (χ2n) is 6.30. The molecule has 0 amide bonds. The van der Waals surface area contributed by atoms with E-state index >= 15 is 0 Å². The first-order valence-corrected chi connectivity index (χ1v) is 8.94. The zero-order valence-corrected chi connectivity index (χ0v) is 15.1. The van der Waals surface area contributed by atoms with Gasteiger partial charge >= 0.3 is 0 Å². The average Bonchev–Trinajstić information content (AvgIpc) is 3.40. The standard InChI is InChI=1S/C22H14N6O/c23-11-16-17(14-7-3-1-4-8-14)19(15-9-5-2-6-10-15)29-22(16)28-21-18-20(25-12-24-18)26-13-27-21/h1-10,12-13H,(H2,24,25,26,27,28). The van der Waals surface area contributed by atoms with Crippen LogP contribution in [0.2, 0.25) is 0 Å². The van der Waals surface area contributed by atoms with Gasteiger partial charge in [-0.1, -0.05) is 60.7 Å². The Bertz CT molecular complexity index is 1330. The summed E-state index contributed by atoms with van der Waals surface area (Å²) < 4.78 is 6.18. The van der Waals surface area contributed by atoms with Crippen molar-refractivity contribution < 1.29 is 4.42 Å². The van der Waals surface area contributed by atoms with Crippen molar-refractivity contribution in [2.45, 2.75) is 0 Å². The summed E-state index contributed by atoms with van der Waals surface area (Å²) in [5, 5.41) is 13.1. The van der Waals surface area contributed by atoms with Crippen LogP contribution in [-0.4, -0.2) is 19.9 Å². The highest BCUT2D eigenvalue weighted by Gasteiger charge is 2.24. The summed E-state index contributed by atoms with van der Waals surface area (Å²) >= 11 is 0. The zero-order chi connectivity index (χ0) is 19.6. The molecule has 3 heterocycles. The van der Waals surface area contributed by atoms with E-state index in [1.165, 1.54) is 6.33 Å². The first-order chi connectivity index (χ1) is 14.3. The van der Waals surface area contributed by atoms with Gasteiger partial charge < -0.3 is 14.7 Å². The molecule has 0 fully saturated rings. The third-order valence-electron chi connectivity index (χ3n) is 4.57. The Hall–Kier alpha value is -4.44. The number of nitrogens with one attached hydrogen (secondary N) is 2. The number of fused-ring (bicyclic) bond motifs is 1. The van der Waals surface area contributed by atoms with Gasteiger partial charge in [0.05, 0.1) is 6.33 Å². The maximum atomic E-state index is 9.97. The number of hydrogen-bond donors (Lipinski definition) is 2. The van der Waals surface area contributed by atoms with Crippen molar-refractivity contribution in [2.24, 2.45) is 0 Å². The third-order valence-corrected chi connectivity index (χ3v) is 4.57. The van der Waals surface area contributed by atoms with Gasteiger partial charge in [-0.15, -0.1) is 0 Å². The molecule has 0 aliphatic rings. The molecule has 0 unspecified atom stereocenters. The first kappa shape index (κ1) is 16.7. The smallest absolute Gasteiger partial charge is 0.217 e. The van der Waals surface area contributed by atoms with Crippen LogP contribution in [0.1, 0.15) is 5.56 Å². The van der Waals surface area contributed by atoms with Crippen molar-refractivity contribution in [3.63, 3.8) is 0 Å². The van der Waals surface area contributed by atoms with Gasteiger partial charge in [-0.3, -0.25) is 0 Å². The third kappa shape index (κ3) is 2.89. The van der Waals surface area contributed by atoms with Crippen molar-refractivity contribution in [3.05, 3.63) is 78.9 Å². The molecule has 0 radical (unpaired) electrons. The van der Waals surface area contributed by atoms with Crippen molar-refractivity contribution in [2.75, 3.05) is 5.32 Å². The molecular weight excluding hydrogens is 364 g/mol. The summed E-state index contributed by atoms with van der Waals surface area (Å²) in [6, 6.07) is 21.7. The molecule has 0 saturated carbocycles. The Morgan fingerprint density at radius 1 is 0.897 bits per heavy atom. The van der Waals surface area contributed by atoms with E-state index in [9.17, 15) is 5.26 Å². The van der Waals surface area contributed by atoms with Gasteiger partial charge in [0.1, 0.15) is 29.2 Å². The van der Waals surface area contributed by atoms with Crippen LogP contribution in [0.3, 0.4) is 0 Å². The largest absolute Gasteiger partial charge is 0.438 e. The number of furan rings is 1. The van der Waals surface area contributed by atoms with Crippen molar-refractivity contribution >= 4 is 22.9 Å². The number of benzene rings is 2. The molecule has 3 aromatic heterocycles. The molecule has 0 bridgehead atoms. The Morgan fingerprint density at radius 3 is 2.34 bits per heavy atom. The van der Waals surface area contributed by atoms with Gasteiger partial charge in [-0.2, -0.15) is 5.26 Å². The molecule has 138 valence electrons. The van der Waals surface area contributed by atoms with Gasteiger partial charge in [0.15, 0.2) is 11.5 Å². The molecular formula is C22H14N6O. The highest BCUT2D eigenvalue weighted by Crippen LogP contribution is 2.42. The van der Waals surface area contributed by atoms with Gasteiger partial charge in [0.2, 0.25) is 5.88 Å². The molecule has 7 heteroatoms.